The van der Waals surface area contributed by atoms with Gasteiger partial charge < -0.3 is 10.6 Å². The molecule has 3 heteroatoms. The first-order chi connectivity index (χ1) is 4.57. The van der Waals surface area contributed by atoms with E-state index in [1.807, 2.05) is 4.90 Å². The highest BCUT2D eigenvalue weighted by molar-refractivity contribution is 5.75. The van der Waals surface area contributed by atoms with Crippen molar-refractivity contribution in [2.45, 2.75) is 20.3 Å². The van der Waals surface area contributed by atoms with Crippen LogP contribution in [-0.4, -0.2) is 23.9 Å². The van der Waals surface area contributed by atoms with Gasteiger partial charge in [-0.05, 0) is 6.42 Å². The van der Waals surface area contributed by atoms with E-state index in [0.29, 0.717) is 5.41 Å². The maximum atomic E-state index is 7.11. The van der Waals surface area contributed by atoms with Gasteiger partial charge in [0.2, 0.25) is 0 Å². The maximum Gasteiger partial charge on any atom is 0.188 e. The lowest BCUT2D eigenvalue weighted by atomic mass is 9.80. The fraction of sp³-hybridized carbons (Fsp3) is 0.857. The quantitative estimate of drug-likeness (QED) is 0.415. The van der Waals surface area contributed by atoms with Gasteiger partial charge in [-0.3, -0.25) is 5.41 Å². The molecule has 0 saturated carbocycles. The third-order valence-electron chi connectivity index (χ3n) is 2.34. The van der Waals surface area contributed by atoms with Crippen molar-refractivity contribution in [2.75, 3.05) is 13.1 Å². The summed E-state index contributed by atoms with van der Waals surface area (Å²) in [6.07, 6.45) is 1.18. The fourth-order valence-electron chi connectivity index (χ4n) is 1.27. The number of guanidine groups is 1. The zero-order chi connectivity index (χ0) is 7.78. The lowest BCUT2D eigenvalue weighted by Crippen LogP contribution is -2.58. The topological polar surface area (TPSA) is 53.1 Å². The first-order valence-electron chi connectivity index (χ1n) is 3.66. The molecule has 0 spiro atoms. The number of rotatable bonds is 1. The van der Waals surface area contributed by atoms with E-state index in [4.69, 9.17) is 11.1 Å². The average Bonchev–Trinajstić information content (AvgIpc) is 1.80. The van der Waals surface area contributed by atoms with Crippen LogP contribution in [-0.2, 0) is 0 Å². The van der Waals surface area contributed by atoms with Crippen LogP contribution < -0.4 is 5.73 Å². The average molecular weight is 141 g/mol. The predicted molar refractivity (Wildman–Crippen MR) is 41.9 cm³/mol. The van der Waals surface area contributed by atoms with E-state index in [2.05, 4.69) is 13.8 Å². The van der Waals surface area contributed by atoms with E-state index in [1.165, 1.54) is 6.42 Å². The molecule has 0 radical (unpaired) electrons. The van der Waals surface area contributed by atoms with Crippen LogP contribution in [0.5, 0.6) is 0 Å². The number of hydrogen-bond acceptors (Lipinski definition) is 1. The van der Waals surface area contributed by atoms with E-state index >= 15 is 0 Å². The molecule has 0 aromatic heterocycles. The molecule has 0 atom stereocenters. The fourth-order valence-corrected chi connectivity index (χ4v) is 1.27. The van der Waals surface area contributed by atoms with Crippen molar-refractivity contribution in [1.29, 1.82) is 5.41 Å². The zero-order valence-corrected chi connectivity index (χ0v) is 6.65. The third-order valence-corrected chi connectivity index (χ3v) is 2.34. The molecule has 3 N–H and O–H groups in total. The van der Waals surface area contributed by atoms with Gasteiger partial charge in [0.1, 0.15) is 0 Å². The molecule has 1 aliphatic rings. The van der Waals surface area contributed by atoms with Crippen LogP contribution in [0.15, 0.2) is 0 Å². The number of nitrogens with two attached hydrogens (primary N) is 1. The minimum absolute atomic E-state index is 0.214. The van der Waals surface area contributed by atoms with E-state index in [1.54, 1.807) is 0 Å². The van der Waals surface area contributed by atoms with Gasteiger partial charge >= 0.3 is 0 Å². The summed E-state index contributed by atoms with van der Waals surface area (Å²) >= 11 is 0. The summed E-state index contributed by atoms with van der Waals surface area (Å²) in [7, 11) is 0. The molecule has 0 unspecified atom stereocenters. The van der Waals surface area contributed by atoms with Crippen LogP contribution in [0.25, 0.3) is 0 Å². The Bertz CT molecular complexity index is 147. The molecular formula is C7H15N3. The molecule has 0 aromatic carbocycles. The summed E-state index contributed by atoms with van der Waals surface area (Å²) in [5, 5.41) is 7.11. The number of hydrogen-bond donors (Lipinski definition) is 2. The summed E-state index contributed by atoms with van der Waals surface area (Å²) in [5.41, 5.74) is 5.71. The van der Waals surface area contributed by atoms with Crippen molar-refractivity contribution < 1.29 is 0 Å². The SMILES string of the molecule is CCC1(C)CN(C(=N)N)C1. The van der Waals surface area contributed by atoms with E-state index in [0.717, 1.165) is 13.1 Å². The largest absolute Gasteiger partial charge is 0.370 e. The van der Waals surface area contributed by atoms with Gasteiger partial charge in [0.15, 0.2) is 5.96 Å². The molecule has 0 aromatic rings. The van der Waals surface area contributed by atoms with E-state index in [9.17, 15) is 0 Å². The molecule has 3 nitrogen and oxygen atoms in total. The van der Waals surface area contributed by atoms with Gasteiger partial charge in [-0.1, -0.05) is 13.8 Å². The maximum absolute atomic E-state index is 7.11. The lowest BCUT2D eigenvalue weighted by molar-refractivity contribution is 0.0724. The zero-order valence-electron chi connectivity index (χ0n) is 6.65. The summed E-state index contributed by atoms with van der Waals surface area (Å²) < 4.78 is 0. The smallest absolute Gasteiger partial charge is 0.188 e. The molecule has 0 bridgehead atoms. The highest BCUT2D eigenvalue weighted by atomic mass is 15.3. The molecule has 1 saturated heterocycles. The first-order valence-corrected chi connectivity index (χ1v) is 3.66. The number of nitrogens with zero attached hydrogens (tertiary/aromatic N) is 1. The van der Waals surface area contributed by atoms with Crippen molar-refractivity contribution in [1.82, 2.24) is 4.90 Å². The Kier molecular flexibility index (Phi) is 1.58. The molecule has 0 amide bonds. The Hall–Kier alpha value is -0.730. The van der Waals surface area contributed by atoms with Crippen molar-refractivity contribution in [3.63, 3.8) is 0 Å². The summed E-state index contributed by atoms with van der Waals surface area (Å²) in [5.74, 6) is 0.214. The minimum Gasteiger partial charge on any atom is -0.370 e. The Morgan fingerprint density at radius 2 is 2.20 bits per heavy atom. The molecule has 1 fully saturated rings. The predicted octanol–water partition coefficient (Wildman–Crippen LogP) is 0.612. The summed E-state index contributed by atoms with van der Waals surface area (Å²) in [6.45, 7) is 6.32. The minimum atomic E-state index is 0.214. The first kappa shape index (κ1) is 7.38. The third kappa shape index (κ3) is 1.08. The molecule has 58 valence electrons. The van der Waals surface area contributed by atoms with Crippen LogP contribution in [0.1, 0.15) is 20.3 Å². The standard InChI is InChI=1S/C7H15N3/c1-3-7(2)4-10(5-7)6(8)9/h3-5H2,1-2H3,(H3,8,9). The van der Waals surface area contributed by atoms with Crippen molar-refractivity contribution in [2.24, 2.45) is 11.1 Å². The van der Waals surface area contributed by atoms with Crippen LogP contribution in [0.2, 0.25) is 0 Å². The highest BCUT2D eigenvalue weighted by Crippen LogP contribution is 2.32. The number of nitrogens with one attached hydrogen (secondary N) is 1. The Morgan fingerprint density at radius 1 is 1.70 bits per heavy atom. The Morgan fingerprint density at radius 3 is 2.50 bits per heavy atom. The second kappa shape index (κ2) is 2.15. The second-order valence-electron chi connectivity index (χ2n) is 3.41. The highest BCUT2D eigenvalue weighted by Gasteiger charge is 2.37. The van der Waals surface area contributed by atoms with Gasteiger partial charge in [-0.15, -0.1) is 0 Å². The molecule has 0 aliphatic carbocycles. The van der Waals surface area contributed by atoms with Crippen molar-refractivity contribution >= 4 is 5.96 Å². The summed E-state index contributed by atoms with van der Waals surface area (Å²) in [6, 6.07) is 0. The number of likely N-dealkylation sites (tertiary alicyclic amines) is 1. The van der Waals surface area contributed by atoms with Crippen LogP contribution in [0.3, 0.4) is 0 Å². The van der Waals surface area contributed by atoms with Gasteiger partial charge in [0.05, 0.1) is 0 Å². The van der Waals surface area contributed by atoms with Crippen molar-refractivity contribution in [3.8, 4) is 0 Å². The molecular weight excluding hydrogens is 126 g/mol. The monoisotopic (exact) mass is 141 g/mol. The summed E-state index contributed by atoms with van der Waals surface area (Å²) in [4.78, 5) is 1.89. The van der Waals surface area contributed by atoms with Gasteiger partial charge in [0, 0.05) is 18.5 Å². The van der Waals surface area contributed by atoms with Crippen LogP contribution in [0, 0.1) is 10.8 Å². The lowest BCUT2D eigenvalue weighted by Gasteiger charge is -2.48. The van der Waals surface area contributed by atoms with Gasteiger partial charge in [-0.2, -0.15) is 0 Å². The Balaban J connectivity index is 2.36. The normalized spacial score (nSPS) is 22.0. The van der Waals surface area contributed by atoms with Crippen molar-refractivity contribution in [3.05, 3.63) is 0 Å². The molecule has 1 heterocycles. The van der Waals surface area contributed by atoms with Crippen LogP contribution >= 0.6 is 0 Å². The molecule has 10 heavy (non-hydrogen) atoms. The molecule has 1 aliphatic heterocycles. The van der Waals surface area contributed by atoms with Gasteiger partial charge in [0.25, 0.3) is 0 Å². The van der Waals surface area contributed by atoms with E-state index in [-0.39, 0.29) is 5.96 Å². The van der Waals surface area contributed by atoms with Gasteiger partial charge in [-0.25, -0.2) is 0 Å². The van der Waals surface area contributed by atoms with E-state index < -0.39 is 0 Å². The van der Waals surface area contributed by atoms with Crippen LogP contribution in [0.4, 0.5) is 0 Å². The Labute approximate surface area is 61.7 Å². The molecule has 1 rings (SSSR count). The second-order valence-corrected chi connectivity index (χ2v) is 3.41.